The Balaban J connectivity index is 0.00000242. The Hall–Kier alpha value is -0.470. The number of nitrogens with two attached hydrogens (primary N) is 2. The Morgan fingerprint density at radius 2 is 2.09 bits per heavy atom. The van der Waals surface area contributed by atoms with Crippen molar-refractivity contribution in [1.82, 2.24) is 9.97 Å². The average Bonchev–Trinajstić information content (AvgIpc) is 2.81. The molecule has 6 nitrogen and oxygen atoms in total. The molecule has 0 saturated carbocycles. The first kappa shape index (κ1) is 22.5. The van der Waals surface area contributed by atoms with Crippen LogP contribution < -0.4 is 16.4 Å². The first-order valence-electron chi connectivity index (χ1n) is 7.52. The largest absolute Gasteiger partial charge is 0.396 e. The van der Waals surface area contributed by atoms with Crippen molar-refractivity contribution in [3.63, 3.8) is 0 Å². The summed E-state index contributed by atoms with van der Waals surface area (Å²) in [6, 6.07) is 1.88. The predicted molar refractivity (Wildman–Crippen MR) is 102 cm³/mol. The van der Waals surface area contributed by atoms with Crippen LogP contribution in [0.5, 0.6) is 0 Å². The van der Waals surface area contributed by atoms with Crippen molar-refractivity contribution in [1.29, 1.82) is 0 Å². The number of thioether (sulfide) groups is 1. The Morgan fingerprint density at radius 1 is 1.35 bits per heavy atom. The summed E-state index contributed by atoms with van der Waals surface area (Å²) in [5, 5.41) is 9.82. The summed E-state index contributed by atoms with van der Waals surface area (Å²) < 4.78 is 0. The molecule has 0 spiro atoms. The molecule has 0 bridgehead atoms. The molecule has 2 rings (SSSR count). The second-order valence-electron chi connectivity index (χ2n) is 5.48. The zero-order valence-corrected chi connectivity index (χ0v) is 15.8. The summed E-state index contributed by atoms with van der Waals surface area (Å²) in [6.45, 7) is 3.91. The van der Waals surface area contributed by atoms with Gasteiger partial charge in [0, 0.05) is 37.6 Å². The summed E-state index contributed by atoms with van der Waals surface area (Å²) in [7, 11) is 0. The van der Waals surface area contributed by atoms with Gasteiger partial charge in [0.15, 0.2) is 5.16 Å². The SMILES string of the molecule is CCCCSc1nc(N)cc(N2C[C@H](CCO)[C@@H](N)C2)n1.Cl.Cl. The van der Waals surface area contributed by atoms with Gasteiger partial charge >= 0.3 is 0 Å². The van der Waals surface area contributed by atoms with Crippen molar-refractivity contribution < 1.29 is 5.11 Å². The first-order valence-corrected chi connectivity index (χ1v) is 8.51. The summed E-state index contributed by atoms with van der Waals surface area (Å²) in [4.78, 5) is 11.0. The molecular formula is C14H27Cl2N5OS. The van der Waals surface area contributed by atoms with E-state index in [1.165, 1.54) is 0 Å². The van der Waals surface area contributed by atoms with Gasteiger partial charge < -0.3 is 21.5 Å². The summed E-state index contributed by atoms with van der Waals surface area (Å²) in [6.07, 6.45) is 3.04. The van der Waals surface area contributed by atoms with E-state index in [1.807, 2.05) is 0 Å². The number of hydrogen-bond acceptors (Lipinski definition) is 7. The van der Waals surface area contributed by atoms with Crippen LogP contribution in [-0.2, 0) is 0 Å². The highest BCUT2D eigenvalue weighted by Crippen LogP contribution is 2.26. The van der Waals surface area contributed by atoms with Crippen molar-refractivity contribution in [2.24, 2.45) is 11.7 Å². The Bertz CT molecular complexity index is 469. The van der Waals surface area contributed by atoms with Gasteiger partial charge in [-0.1, -0.05) is 25.1 Å². The normalized spacial score (nSPS) is 20.0. The van der Waals surface area contributed by atoms with Crippen molar-refractivity contribution in [3.8, 4) is 0 Å². The molecule has 0 aliphatic carbocycles. The fourth-order valence-corrected chi connectivity index (χ4v) is 3.46. The van der Waals surface area contributed by atoms with E-state index in [1.54, 1.807) is 17.8 Å². The van der Waals surface area contributed by atoms with E-state index in [0.29, 0.717) is 11.7 Å². The van der Waals surface area contributed by atoms with Crippen LogP contribution in [0.15, 0.2) is 11.2 Å². The molecule has 2 heterocycles. The fraction of sp³-hybridized carbons (Fsp3) is 0.714. The van der Waals surface area contributed by atoms with Crippen LogP contribution in [-0.4, -0.2) is 46.6 Å². The molecule has 0 radical (unpaired) electrons. The van der Waals surface area contributed by atoms with E-state index in [2.05, 4.69) is 21.8 Å². The second-order valence-corrected chi connectivity index (χ2v) is 6.54. The lowest BCUT2D eigenvalue weighted by molar-refractivity contribution is 0.257. The van der Waals surface area contributed by atoms with Gasteiger partial charge in [-0.2, -0.15) is 0 Å². The molecule has 1 saturated heterocycles. The number of nitrogens with zero attached hydrogens (tertiary/aromatic N) is 3. The number of anilines is 2. The van der Waals surface area contributed by atoms with Gasteiger partial charge in [0.05, 0.1) is 0 Å². The molecule has 1 fully saturated rings. The predicted octanol–water partition coefficient (Wildman–Crippen LogP) is 1.94. The average molecular weight is 384 g/mol. The highest BCUT2D eigenvalue weighted by atomic mass is 35.5. The minimum Gasteiger partial charge on any atom is -0.396 e. The van der Waals surface area contributed by atoms with Crippen molar-refractivity contribution >= 4 is 48.2 Å². The third-order valence-electron chi connectivity index (χ3n) is 3.76. The zero-order chi connectivity index (χ0) is 15.2. The minimum absolute atomic E-state index is 0. The smallest absolute Gasteiger partial charge is 0.191 e. The maximum absolute atomic E-state index is 9.09. The number of nitrogen functional groups attached to an aromatic ring is 1. The number of unbranched alkanes of at least 4 members (excludes halogenated alkanes) is 1. The molecule has 1 aromatic rings. The third-order valence-corrected chi connectivity index (χ3v) is 4.69. The van der Waals surface area contributed by atoms with Crippen LogP contribution in [0.25, 0.3) is 0 Å². The van der Waals surface area contributed by atoms with Crippen LogP contribution in [0.4, 0.5) is 11.6 Å². The lowest BCUT2D eigenvalue weighted by Crippen LogP contribution is -2.30. The lowest BCUT2D eigenvalue weighted by atomic mass is 10.0. The number of aliphatic hydroxyl groups excluding tert-OH is 1. The van der Waals surface area contributed by atoms with Gasteiger partial charge in [0.2, 0.25) is 0 Å². The van der Waals surface area contributed by atoms with E-state index >= 15 is 0 Å². The Morgan fingerprint density at radius 3 is 2.74 bits per heavy atom. The van der Waals surface area contributed by atoms with Crippen molar-refractivity contribution in [2.75, 3.05) is 36.1 Å². The van der Waals surface area contributed by atoms with E-state index in [-0.39, 0.29) is 37.5 Å². The Labute approximate surface area is 154 Å². The molecule has 134 valence electrons. The summed E-state index contributed by atoms with van der Waals surface area (Å²) in [5.41, 5.74) is 12.0. The van der Waals surface area contributed by atoms with Crippen LogP contribution in [0.3, 0.4) is 0 Å². The van der Waals surface area contributed by atoms with Crippen molar-refractivity contribution in [2.45, 2.75) is 37.4 Å². The number of hydrogen-bond donors (Lipinski definition) is 3. The number of aromatic nitrogens is 2. The number of halogens is 2. The lowest BCUT2D eigenvalue weighted by Gasteiger charge is -2.18. The molecule has 0 amide bonds. The van der Waals surface area contributed by atoms with Crippen molar-refractivity contribution in [3.05, 3.63) is 6.07 Å². The van der Waals surface area contributed by atoms with E-state index < -0.39 is 0 Å². The molecule has 1 aliphatic heterocycles. The molecule has 23 heavy (non-hydrogen) atoms. The quantitative estimate of drug-likeness (QED) is 0.375. The van der Waals surface area contributed by atoms with Gasteiger partial charge in [-0.3, -0.25) is 0 Å². The van der Waals surface area contributed by atoms with Crippen LogP contribution in [0.2, 0.25) is 0 Å². The number of rotatable bonds is 7. The summed E-state index contributed by atoms with van der Waals surface area (Å²) >= 11 is 1.64. The highest BCUT2D eigenvalue weighted by Gasteiger charge is 2.30. The maximum Gasteiger partial charge on any atom is 0.191 e. The van der Waals surface area contributed by atoms with Crippen LogP contribution >= 0.6 is 36.6 Å². The van der Waals surface area contributed by atoms with Gasteiger partial charge in [0.1, 0.15) is 11.6 Å². The molecule has 1 aromatic heterocycles. The molecule has 2 atom stereocenters. The van der Waals surface area contributed by atoms with Crippen LogP contribution in [0, 0.1) is 5.92 Å². The van der Waals surface area contributed by atoms with Gasteiger partial charge in [-0.25, -0.2) is 9.97 Å². The van der Waals surface area contributed by atoms with E-state index in [9.17, 15) is 0 Å². The number of aliphatic hydroxyl groups is 1. The minimum atomic E-state index is 0. The molecular weight excluding hydrogens is 357 g/mol. The van der Waals surface area contributed by atoms with E-state index in [4.69, 9.17) is 16.6 Å². The second kappa shape index (κ2) is 11.1. The summed E-state index contributed by atoms with van der Waals surface area (Å²) in [5.74, 6) is 2.66. The highest BCUT2D eigenvalue weighted by molar-refractivity contribution is 7.99. The topological polar surface area (TPSA) is 101 Å². The standard InChI is InChI=1S/C14H25N5OS.2ClH/c1-2-3-6-21-14-17-12(16)7-13(18-14)19-8-10(4-5-20)11(15)9-19;;/h7,10-11,20H,2-6,8-9,15H2,1H3,(H2,16,17,18);2*1H/t10-,11-;;/m0../s1. The molecule has 9 heteroatoms. The molecule has 0 aromatic carbocycles. The zero-order valence-electron chi connectivity index (χ0n) is 13.4. The maximum atomic E-state index is 9.09. The Kier molecular flexibility index (Phi) is 10.9. The molecule has 5 N–H and O–H groups in total. The van der Waals surface area contributed by atoms with Gasteiger partial charge in [0.25, 0.3) is 0 Å². The van der Waals surface area contributed by atoms with Gasteiger partial charge in [-0.15, -0.1) is 24.8 Å². The third kappa shape index (κ3) is 6.51. The van der Waals surface area contributed by atoms with Gasteiger partial charge in [-0.05, 0) is 18.8 Å². The first-order chi connectivity index (χ1) is 10.1. The monoisotopic (exact) mass is 383 g/mol. The molecule has 1 aliphatic rings. The van der Waals surface area contributed by atoms with E-state index in [0.717, 1.165) is 49.1 Å². The molecule has 0 unspecified atom stereocenters. The fourth-order valence-electron chi connectivity index (χ4n) is 2.52. The van der Waals surface area contributed by atoms with Crippen LogP contribution in [0.1, 0.15) is 26.2 Å².